The lowest BCUT2D eigenvalue weighted by Gasteiger charge is -2.12. The predicted molar refractivity (Wildman–Crippen MR) is 102 cm³/mol. The third-order valence-corrected chi connectivity index (χ3v) is 4.59. The number of carbonyl (C=O) groups excluding carboxylic acids is 1. The molecule has 5 nitrogen and oxygen atoms in total. The zero-order chi connectivity index (χ0) is 17.5. The average molecular weight is 352 g/mol. The predicted octanol–water partition coefficient (Wildman–Crippen LogP) is 4.08. The number of para-hydroxylation sites is 1. The Morgan fingerprint density at radius 3 is 2.60 bits per heavy atom. The van der Waals surface area contributed by atoms with Crippen LogP contribution in [-0.2, 0) is 6.42 Å². The van der Waals surface area contributed by atoms with Crippen molar-refractivity contribution in [3.8, 4) is 0 Å². The van der Waals surface area contributed by atoms with Gasteiger partial charge in [-0.3, -0.25) is 4.79 Å². The van der Waals surface area contributed by atoms with E-state index in [9.17, 15) is 4.79 Å². The average Bonchev–Trinajstić information content (AvgIpc) is 3.14. The molecule has 0 saturated heterocycles. The van der Waals surface area contributed by atoms with E-state index >= 15 is 0 Å². The molecule has 6 heteroatoms. The summed E-state index contributed by atoms with van der Waals surface area (Å²) < 4.78 is 0. The van der Waals surface area contributed by atoms with Gasteiger partial charge in [0, 0.05) is 17.1 Å². The van der Waals surface area contributed by atoms with Gasteiger partial charge in [0.05, 0.1) is 0 Å². The fourth-order valence-electron chi connectivity index (χ4n) is 2.39. The number of aromatic nitrogens is 2. The van der Waals surface area contributed by atoms with Gasteiger partial charge >= 0.3 is 0 Å². The van der Waals surface area contributed by atoms with Gasteiger partial charge in [-0.1, -0.05) is 31.2 Å². The summed E-state index contributed by atoms with van der Waals surface area (Å²) in [7, 11) is 0. The number of nitrogens with zero attached hydrogens (tertiary/aromatic N) is 2. The first-order valence-electron chi connectivity index (χ1n) is 8.17. The van der Waals surface area contributed by atoms with Crippen LogP contribution in [0.5, 0.6) is 0 Å². The molecule has 0 aliphatic carbocycles. The molecule has 0 aliphatic rings. The van der Waals surface area contributed by atoms with Gasteiger partial charge in [0.1, 0.15) is 5.82 Å². The molecule has 2 N–H and O–H groups in total. The third-order valence-electron chi connectivity index (χ3n) is 3.69. The molecule has 25 heavy (non-hydrogen) atoms. The van der Waals surface area contributed by atoms with Gasteiger partial charge in [0.25, 0.3) is 5.91 Å². The third kappa shape index (κ3) is 5.12. The molecule has 0 fully saturated rings. The molecule has 2 heterocycles. The highest BCUT2D eigenvalue weighted by molar-refractivity contribution is 7.09. The number of nitrogens with one attached hydrogen (secondary N) is 2. The highest BCUT2D eigenvalue weighted by atomic mass is 32.1. The molecule has 1 aromatic carbocycles. The quantitative estimate of drug-likeness (QED) is 0.672. The fraction of sp³-hybridized carbons (Fsp3) is 0.211. The number of thiophene rings is 1. The second-order valence-electron chi connectivity index (χ2n) is 5.89. The van der Waals surface area contributed by atoms with Crippen LogP contribution in [0.15, 0.2) is 60.0 Å². The maximum atomic E-state index is 12.1. The maximum absolute atomic E-state index is 12.1. The number of benzene rings is 1. The zero-order valence-electron chi connectivity index (χ0n) is 14.0. The number of rotatable bonds is 7. The molecule has 128 valence electrons. The first-order chi connectivity index (χ1) is 12.2. The molecule has 0 aliphatic heterocycles. The molecule has 1 unspecified atom stereocenters. The first kappa shape index (κ1) is 17.1. The van der Waals surface area contributed by atoms with E-state index in [0.717, 1.165) is 18.7 Å². The summed E-state index contributed by atoms with van der Waals surface area (Å²) >= 11 is 1.78. The van der Waals surface area contributed by atoms with E-state index < -0.39 is 0 Å². The fourth-order valence-corrected chi connectivity index (χ4v) is 3.26. The molecule has 2 aromatic heterocycles. The minimum Gasteiger partial charge on any atom is -0.368 e. The van der Waals surface area contributed by atoms with Gasteiger partial charge in [-0.2, -0.15) is 0 Å². The highest BCUT2D eigenvalue weighted by Gasteiger charge is 2.09. The summed E-state index contributed by atoms with van der Waals surface area (Å²) in [5, 5.41) is 16.3. The minimum atomic E-state index is -0.267. The standard InChI is InChI=1S/C19H20N4OS/c1-14(12-16-8-5-11-25-16)13-20-18-10-9-17(22-23-18)19(24)21-15-6-3-2-4-7-15/h2-11,14H,12-13H2,1H3,(H,20,23)(H,21,24). The topological polar surface area (TPSA) is 66.9 Å². The van der Waals surface area contributed by atoms with Crippen molar-refractivity contribution in [2.45, 2.75) is 13.3 Å². The summed E-state index contributed by atoms with van der Waals surface area (Å²) in [5.74, 6) is 0.895. The Kier molecular flexibility index (Phi) is 5.74. The van der Waals surface area contributed by atoms with Crippen molar-refractivity contribution in [2.24, 2.45) is 5.92 Å². The molecular weight excluding hydrogens is 332 g/mol. The van der Waals surface area contributed by atoms with Crippen LogP contribution in [0.3, 0.4) is 0 Å². The Labute approximate surface area is 151 Å². The van der Waals surface area contributed by atoms with Crippen molar-refractivity contribution in [3.05, 3.63) is 70.5 Å². The second kappa shape index (κ2) is 8.39. The maximum Gasteiger partial charge on any atom is 0.276 e. The van der Waals surface area contributed by atoms with Crippen molar-refractivity contribution >= 4 is 28.7 Å². The molecule has 3 rings (SSSR count). The van der Waals surface area contributed by atoms with Crippen LogP contribution in [0.2, 0.25) is 0 Å². The molecule has 1 atom stereocenters. The summed E-state index contributed by atoms with van der Waals surface area (Å²) in [6.45, 7) is 3.00. The van der Waals surface area contributed by atoms with Crippen LogP contribution in [-0.4, -0.2) is 22.6 Å². The van der Waals surface area contributed by atoms with E-state index in [1.165, 1.54) is 4.88 Å². The van der Waals surface area contributed by atoms with Gasteiger partial charge in [-0.05, 0) is 48.1 Å². The number of carbonyl (C=O) groups is 1. The number of anilines is 2. The van der Waals surface area contributed by atoms with Crippen molar-refractivity contribution < 1.29 is 4.79 Å². The highest BCUT2D eigenvalue weighted by Crippen LogP contribution is 2.15. The van der Waals surface area contributed by atoms with Crippen LogP contribution in [0.1, 0.15) is 22.3 Å². The van der Waals surface area contributed by atoms with Crippen molar-refractivity contribution in [3.63, 3.8) is 0 Å². The van der Waals surface area contributed by atoms with Crippen LogP contribution >= 0.6 is 11.3 Å². The van der Waals surface area contributed by atoms with E-state index in [-0.39, 0.29) is 5.91 Å². The number of hydrogen-bond acceptors (Lipinski definition) is 5. The van der Waals surface area contributed by atoms with Crippen molar-refractivity contribution in [1.82, 2.24) is 10.2 Å². The smallest absolute Gasteiger partial charge is 0.276 e. The first-order valence-corrected chi connectivity index (χ1v) is 9.05. The van der Waals surface area contributed by atoms with Crippen LogP contribution < -0.4 is 10.6 Å². The van der Waals surface area contributed by atoms with Crippen molar-refractivity contribution in [1.29, 1.82) is 0 Å². The SMILES string of the molecule is CC(CNc1ccc(C(=O)Nc2ccccc2)nn1)Cc1cccs1. The van der Waals surface area contributed by atoms with E-state index in [0.29, 0.717) is 17.4 Å². The molecular formula is C19H20N4OS. The number of amides is 1. The monoisotopic (exact) mass is 352 g/mol. The van der Waals surface area contributed by atoms with E-state index in [1.54, 1.807) is 23.5 Å². The van der Waals surface area contributed by atoms with Gasteiger partial charge < -0.3 is 10.6 Å². The van der Waals surface area contributed by atoms with Crippen LogP contribution in [0.4, 0.5) is 11.5 Å². The van der Waals surface area contributed by atoms with Gasteiger partial charge in [-0.15, -0.1) is 21.5 Å². The van der Waals surface area contributed by atoms with E-state index in [2.05, 4.69) is 45.3 Å². The zero-order valence-corrected chi connectivity index (χ0v) is 14.8. The van der Waals surface area contributed by atoms with Gasteiger partial charge in [0.2, 0.25) is 0 Å². The Balaban J connectivity index is 1.50. The van der Waals surface area contributed by atoms with E-state index in [4.69, 9.17) is 0 Å². The Morgan fingerprint density at radius 1 is 1.08 bits per heavy atom. The lowest BCUT2D eigenvalue weighted by Crippen LogP contribution is -2.17. The molecule has 0 saturated carbocycles. The molecule has 0 radical (unpaired) electrons. The summed E-state index contributed by atoms with van der Waals surface area (Å²) in [6.07, 6.45) is 1.04. The van der Waals surface area contributed by atoms with Gasteiger partial charge in [0.15, 0.2) is 5.69 Å². The summed E-state index contributed by atoms with van der Waals surface area (Å²) in [5.41, 5.74) is 1.03. The Hall–Kier alpha value is -2.73. The summed E-state index contributed by atoms with van der Waals surface area (Å²) in [4.78, 5) is 13.5. The van der Waals surface area contributed by atoms with Crippen LogP contribution in [0, 0.1) is 5.92 Å². The molecule has 0 spiro atoms. The Bertz CT molecular complexity index is 788. The normalized spacial score (nSPS) is 11.7. The lowest BCUT2D eigenvalue weighted by atomic mass is 10.1. The van der Waals surface area contributed by atoms with Gasteiger partial charge in [-0.25, -0.2) is 0 Å². The van der Waals surface area contributed by atoms with Crippen molar-refractivity contribution in [2.75, 3.05) is 17.2 Å². The van der Waals surface area contributed by atoms with Crippen LogP contribution in [0.25, 0.3) is 0 Å². The largest absolute Gasteiger partial charge is 0.368 e. The molecule has 1 amide bonds. The van der Waals surface area contributed by atoms with E-state index in [1.807, 2.05) is 30.3 Å². The number of hydrogen-bond donors (Lipinski definition) is 2. The lowest BCUT2D eigenvalue weighted by molar-refractivity contribution is 0.102. The second-order valence-corrected chi connectivity index (χ2v) is 6.93. The Morgan fingerprint density at radius 2 is 1.92 bits per heavy atom. The molecule has 3 aromatic rings. The minimum absolute atomic E-state index is 0.267. The summed E-state index contributed by atoms with van der Waals surface area (Å²) in [6, 6.07) is 17.0. The molecule has 0 bridgehead atoms.